The van der Waals surface area contributed by atoms with Crippen LogP contribution >= 0.6 is 0 Å². The molecule has 1 aliphatic rings. The maximum Gasteiger partial charge on any atom is 0.243 e. The summed E-state index contributed by atoms with van der Waals surface area (Å²) in [5, 5.41) is 21.7. The van der Waals surface area contributed by atoms with Crippen LogP contribution in [0.3, 0.4) is 0 Å². The molecule has 1 saturated heterocycles. The summed E-state index contributed by atoms with van der Waals surface area (Å²) in [6.45, 7) is 1.29. The number of aromatic nitrogens is 1. The first-order chi connectivity index (χ1) is 36.6. The van der Waals surface area contributed by atoms with Crippen LogP contribution in [0.5, 0.6) is 0 Å². The molecule has 1 fully saturated rings. The molecule has 0 radical (unpaired) electrons. The molecule has 1 aromatic heterocycles. The highest BCUT2D eigenvalue weighted by Gasteiger charge is 2.35. The molecule has 0 spiro atoms. The van der Waals surface area contributed by atoms with Crippen molar-refractivity contribution in [1.29, 1.82) is 0 Å². The molecule has 418 valence electrons. The van der Waals surface area contributed by atoms with Gasteiger partial charge in [0.2, 0.25) is 59.1 Å². The Morgan fingerprint density at radius 1 is 0.688 bits per heavy atom. The topological polar surface area (TPSA) is 490 Å². The lowest BCUT2D eigenvalue weighted by Crippen LogP contribution is -2.60. The van der Waals surface area contributed by atoms with E-state index in [0.29, 0.717) is 27.7 Å². The predicted octanol–water partition coefficient (Wildman–Crippen LogP) is -4.50. The summed E-state index contributed by atoms with van der Waals surface area (Å²) < 4.78 is 0. The zero-order valence-corrected chi connectivity index (χ0v) is 42.9. The Morgan fingerprint density at radius 2 is 1.27 bits per heavy atom. The lowest BCUT2D eigenvalue weighted by Gasteiger charge is -2.28. The number of nitrogens with two attached hydrogens (primary N) is 7. The predicted molar refractivity (Wildman–Crippen MR) is 285 cm³/mol. The first kappa shape index (κ1) is 60.6. The number of carbonyl (C=O) groups excluding carboxylic acids is 10. The zero-order valence-electron chi connectivity index (χ0n) is 42.9. The van der Waals surface area contributed by atoms with Crippen LogP contribution in [0.4, 0.5) is 5.69 Å². The van der Waals surface area contributed by atoms with Crippen LogP contribution in [0.1, 0.15) is 82.3 Å². The molecule has 28 heteroatoms. The molecule has 0 unspecified atom stereocenters. The minimum atomic E-state index is -1.57. The number of carbonyl (C=O) groups is 10. The van der Waals surface area contributed by atoms with Crippen LogP contribution in [-0.4, -0.2) is 138 Å². The van der Waals surface area contributed by atoms with Gasteiger partial charge in [-0.05, 0) is 80.7 Å². The summed E-state index contributed by atoms with van der Waals surface area (Å²) in [6, 6.07) is 3.37. The smallest absolute Gasteiger partial charge is 0.243 e. The number of hydrogen-bond donors (Lipinski definition) is 16. The number of para-hydroxylation sites is 1. The van der Waals surface area contributed by atoms with Gasteiger partial charge in [-0.1, -0.05) is 30.3 Å². The van der Waals surface area contributed by atoms with Crippen LogP contribution in [-0.2, 0) is 60.8 Å². The standard InChI is InChI=1S/C49H72N18O10/c1-26(68)61-32(11-6-20-58-48(53)54)42(72)62-33-10-4-5-19-57-40(70)24-36(41(52)71)65-47(77)38(23-28-25-60-31-9-3-2-8-30(28)31)67-44(74)34(12-7-21-59-49(55)56)63-46(76)37(22-27-13-15-29(50)16-14-27)66-45(75)35(64-43(33)73)17-18-39(51)69/h2-3,8-9,13-16,25,32-38,60H,4-7,10-12,17-24,50H2,1H3,(H2,51,69)(H2,52,71)(H,57,70)(H,61,68)(H,62,72)(H,63,76)(H,64,73)(H,65,77)(H,66,75)(H,67,74)(H4,53,54,58)(H4,55,56,59)/t32-,33-,34-,35-,36-,37+,38-/m0/s1. The Kier molecular flexibility index (Phi) is 23.9. The van der Waals surface area contributed by atoms with Gasteiger partial charge >= 0.3 is 0 Å². The van der Waals surface area contributed by atoms with Gasteiger partial charge in [-0.3, -0.25) is 57.9 Å². The third-order valence-corrected chi connectivity index (χ3v) is 12.2. The molecule has 1 aliphatic heterocycles. The maximum atomic E-state index is 14.7. The normalized spacial score (nSPS) is 20.8. The molecule has 23 N–H and O–H groups in total. The zero-order chi connectivity index (χ0) is 56.6. The molecule has 28 nitrogen and oxygen atoms in total. The first-order valence-electron chi connectivity index (χ1n) is 25.0. The molecule has 4 rings (SSSR count). The van der Waals surface area contributed by atoms with Crippen LogP contribution in [0, 0.1) is 0 Å². The van der Waals surface area contributed by atoms with Gasteiger partial charge in [0.1, 0.15) is 42.3 Å². The monoisotopic (exact) mass is 1070 g/mol. The number of fused-ring (bicyclic) bond motifs is 1. The number of nitrogens with one attached hydrogen (secondary N) is 9. The second-order valence-corrected chi connectivity index (χ2v) is 18.5. The van der Waals surface area contributed by atoms with Crippen molar-refractivity contribution >= 4 is 87.6 Å². The second kappa shape index (κ2) is 30.4. The van der Waals surface area contributed by atoms with E-state index in [9.17, 15) is 47.9 Å². The van der Waals surface area contributed by atoms with Gasteiger partial charge in [0.05, 0.1) is 6.42 Å². The number of aromatic amines is 1. The second-order valence-electron chi connectivity index (χ2n) is 18.5. The lowest BCUT2D eigenvalue weighted by atomic mass is 10.0. The van der Waals surface area contributed by atoms with Crippen molar-refractivity contribution in [3.8, 4) is 0 Å². The Bertz CT molecular complexity index is 2630. The quantitative estimate of drug-likeness (QED) is 0.0233. The van der Waals surface area contributed by atoms with Crippen molar-refractivity contribution in [3.05, 3.63) is 65.9 Å². The van der Waals surface area contributed by atoms with E-state index in [1.165, 1.54) is 6.92 Å². The number of guanidine groups is 2. The first-order valence-corrected chi connectivity index (χ1v) is 25.0. The number of nitrogens with zero attached hydrogens (tertiary/aromatic N) is 2. The average molecular weight is 1070 g/mol. The molecular formula is C49H72N18O10. The summed E-state index contributed by atoms with van der Waals surface area (Å²) in [6.07, 6.45) is 0.333. The van der Waals surface area contributed by atoms with Crippen molar-refractivity contribution < 1.29 is 47.9 Å². The summed E-state index contributed by atoms with van der Waals surface area (Å²) >= 11 is 0. The highest BCUT2D eigenvalue weighted by atomic mass is 16.2. The molecule has 7 atom stereocenters. The van der Waals surface area contributed by atoms with E-state index in [0.717, 1.165) is 0 Å². The molecule has 0 aliphatic carbocycles. The number of benzene rings is 2. The van der Waals surface area contributed by atoms with Gasteiger partial charge in [-0.2, -0.15) is 0 Å². The number of aliphatic imine (C=N–C) groups is 2. The molecule has 10 amide bonds. The van der Waals surface area contributed by atoms with Crippen molar-refractivity contribution in [2.75, 3.05) is 25.4 Å². The van der Waals surface area contributed by atoms with E-state index < -0.39 is 114 Å². The van der Waals surface area contributed by atoms with E-state index in [1.54, 1.807) is 54.7 Å². The Balaban J connectivity index is 1.80. The number of primary amides is 2. The molecule has 0 bridgehead atoms. The van der Waals surface area contributed by atoms with E-state index in [1.807, 2.05) is 0 Å². The maximum absolute atomic E-state index is 14.7. The minimum Gasteiger partial charge on any atom is -0.399 e. The van der Waals surface area contributed by atoms with Crippen molar-refractivity contribution in [3.63, 3.8) is 0 Å². The van der Waals surface area contributed by atoms with Crippen LogP contribution in [0.25, 0.3) is 10.9 Å². The average Bonchev–Trinajstić information content (AvgIpc) is 3.78. The lowest BCUT2D eigenvalue weighted by molar-refractivity contribution is -0.136. The van der Waals surface area contributed by atoms with E-state index in [-0.39, 0.29) is 95.8 Å². The van der Waals surface area contributed by atoms with E-state index >= 15 is 0 Å². The summed E-state index contributed by atoms with van der Waals surface area (Å²) in [7, 11) is 0. The highest BCUT2D eigenvalue weighted by molar-refractivity contribution is 5.99. The van der Waals surface area contributed by atoms with Crippen molar-refractivity contribution in [1.82, 2.24) is 47.5 Å². The molecule has 77 heavy (non-hydrogen) atoms. The number of rotatable bonds is 19. The third kappa shape index (κ3) is 21.0. The minimum absolute atomic E-state index is 0.00517. The number of amides is 10. The fraction of sp³-hybridized carbons (Fsp3) is 0.469. The summed E-state index contributed by atoms with van der Waals surface area (Å²) in [5.74, 6) is -8.96. The molecule has 2 heterocycles. The fourth-order valence-corrected chi connectivity index (χ4v) is 8.26. The van der Waals surface area contributed by atoms with Crippen molar-refractivity contribution in [2.45, 2.75) is 126 Å². The van der Waals surface area contributed by atoms with Gasteiger partial charge in [0.15, 0.2) is 11.9 Å². The SMILES string of the molecule is CC(=O)N[C@@H](CCCN=C(N)N)C(=O)N[C@H]1CCCCNC(=O)C[C@@H](C(N)=O)NC(=O)[C@H](Cc2c[nH]c3ccccc23)NC(=O)[C@H](CCCN=C(N)N)NC(=O)[C@@H](Cc2ccc(N)cc2)NC(=O)[C@H](CCC(N)=O)NC1=O. The number of anilines is 1. The number of H-pyrrole nitrogens is 1. The third-order valence-electron chi connectivity index (χ3n) is 12.2. The van der Waals surface area contributed by atoms with Crippen molar-refractivity contribution in [2.24, 2.45) is 44.4 Å². The molecule has 2 aromatic carbocycles. The van der Waals surface area contributed by atoms with Gasteiger partial charge in [-0.15, -0.1) is 0 Å². The molecule has 0 saturated carbocycles. The summed E-state index contributed by atoms with van der Waals surface area (Å²) in [4.78, 5) is 148. The highest BCUT2D eigenvalue weighted by Crippen LogP contribution is 2.20. The molecular weight excluding hydrogens is 1000 g/mol. The van der Waals surface area contributed by atoms with Gasteiger partial charge in [0.25, 0.3) is 0 Å². The van der Waals surface area contributed by atoms with Crippen LogP contribution in [0.15, 0.2) is 64.7 Å². The Morgan fingerprint density at radius 3 is 1.91 bits per heavy atom. The molecule has 3 aromatic rings. The fourth-order valence-electron chi connectivity index (χ4n) is 8.26. The largest absolute Gasteiger partial charge is 0.399 e. The van der Waals surface area contributed by atoms with Crippen LogP contribution < -0.4 is 82.7 Å². The van der Waals surface area contributed by atoms with Gasteiger partial charge in [-0.25, -0.2) is 0 Å². The van der Waals surface area contributed by atoms with Crippen LogP contribution in [0.2, 0.25) is 0 Å². The number of nitrogen functional groups attached to an aromatic ring is 1. The van der Waals surface area contributed by atoms with E-state index in [4.69, 9.17) is 40.1 Å². The van der Waals surface area contributed by atoms with E-state index in [2.05, 4.69) is 57.5 Å². The Hall–Kier alpha value is -8.98. The number of hydrogen-bond acceptors (Lipinski definition) is 13. The van der Waals surface area contributed by atoms with Gasteiger partial charge < -0.3 is 87.7 Å². The van der Waals surface area contributed by atoms with Gasteiger partial charge in [0, 0.05) is 68.6 Å². The summed E-state index contributed by atoms with van der Waals surface area (Å²) in [5.41, 5.74) is 41.3. The Labute approximate surface area is 443 Å².